The van der Waals surface area contributed by atoms with Crippen molar-refractivity contribution in [3.8, 4) is 22.6 Å². The molecule has 0 spiro atoms. The third kappa shape index (κ3) is 3.80. The molecule has 2 N–H and O–H groups in total. The molecule has 8 nitrogen and oxygen atoms in total. The summed E-state index contributed by atoms with van der Waals surface area (Å²) in [7, 11) is 4.13. The van der Waals surface area contributed by atoms with Gasteiger partial charge >= 0.3 is 0 Å². The summed E-state index contributed by atoms with van der Waals surface area (Å²) in [5.41, 5.74) is 7.07. The van der Waals surface area contributed by atoms with Crippen LogP contribution < -0.4 is 4.90 Å². The predicted octanol–water partition coefficient (Wildman–Crippen LogP) is 4.62. The van der Waals surface area contributed by atoms with Gasteiger partial charge in [-0.25, -0.2) is 9.97 Å². The first kappa shape index (κ1) is 20.8. The first-order chi connectivity index (χ1) is 16.7. The van der Waals surface area contributed by atoms with E-state index < -0.39 is 0 Å². The van der Waals surface area contributed by atoms with E-state index in [1.807, 2.05) is 24.7 Å². The van der Waals surface area contributed by atoms with Crippen LogP contribution in [0.3, 0.4) is 0 Å². The Kier molecular flexibility index (Phi) is 5.22. The van der Waals surface area contributed by atoms with E-state index in [1.165, 1.54) is 24.8 Å². The Morgan fingerprint density at radius 2 is 1.85 bits per heavy atom. The van der Waals surface area contributed by atoms with Crippen LogP contribution >= 0.6 is 0 Å². The van der Waals surface area contributed by atoms with Crippen molar-refractivity contribution in [2.24, 2.45) is 0 Å². The molecule has 1 aromatic carbocycles. The fraction of sp³-hybridized carbons (Fsp3) is 0.308. The number of anilines is 1. The molecule has 6 rings (SSSR count). The average Bonchev–Trinajstić information content (AvgIpc) is 3.48. The molecule has 1 fully saturated rings. The molecule has 1 aliphatic rings. The van der Waals surface area contributed by atoms with Gasteiger partial charge in [-0.1, -0.05) is 6.07 Å². The maximum absolute atomic E-state index is 4.97. The van der Waals surface area contributed by atoms with Crippen LogP contribution in [0.25, 0.3) is 44.6 Å². The number of pyridine rings is 2. The Morgan fingerprint density at radius 1 is 0.971 bits per heavy atom. The first-order valence-electron chi connectivity index (χ1n) is 11.8. The van der Waals surface area contributed by atoms with Crippen molar-refractivity contribution >= 4 is 27.8 Å². The van der Waals surface area contributed by atoms with Crippen molar-refractivity contribution in [3.63, 3.8) is 0 Å². The minimum atomic E-state index is 0.754. The number of rotatable bonds is 5. The summed E-state index contributed by atoms with van der Waals surface area (Å²) in [5.74, 6) is 1.72. The maximum Gasteiger partial charge on any atom is 0.159 e. The molecule has 0 amide bonds. The molecule has 1 saturated heterocycles. The zero-order valence-electron chi connectivity index (χ0n) is 19.5. The van der Waals surface area contributed by atoms with Gasteiger partial charge in [-0.05, 0) is 68.8 Å². The van der Waals surface area contributed by atoms with Crippen LogP contribution in [0.15, 0.2) is 48.9 Å². The number of aromatic amines is 2. The Bertz CT molecular complexity index is 1460. The first-order valence-corrected chi connectivity index (χ1v) is 11.8. The number of imidazole rings is 1. The fourth-order valence-corrected chi connectivity index (χ4v) is 4.84. The Labute approximate surface area is 198 Å². The molecule has 34 heavy (non-hydrogen) atoms. The second-order valence-electron chi connectivity index (χ2n) is 9.32. The molecule has 8 heteroatoms. The van der Waals surface area contributed by atoms with Crippen LogP contribution in [-0.4, -0.2) is 62.2 Å². The van der Waals surface area contributed by atoms with Crippen LogP contribution in [0, 0.1) is 0 Å². The van der Waals surface area contributed by atoms with Crippen molar-refractivity contribution in [2.45, 2.75) is 25.8 Å². The van der Waals surface area contributed by atoms with E-state index in [0.29, 0.717) is 0 Å². The van der Waals surface area contributed by atoms with E-state index >= 15 is 0 Å². The Morgan fingerprint density at radius 3 is 2.71 bits per heavy atom. The van der Waals surface area contributed by atoms with Crippen LogP contribution in [0.4, 0.5) is 5.82 Å². The van der Waals surface area contributed by atoms with Gasteiger partial charge in [-0.3, -0.25) is 10.1 Å². The lowest BCUT2D eigenvalue weighted by atomic mass is 10.0. The van der Waals surface area contributed by atoms with Gasteiger partial charge in [0.25, 0.3) is 0 Å². The molecule has 0 saturated carbocycles. The number of nitrogens with zero attached hydrogens (tertiary/aromatic N) is 6. The van der Waals surface area contributed by atoms with Crippen molar-refractivity contribution < 1.29 is 0 Å². The number of piperidine rings is 1. The summed E-state index contributed by atoms with van der Waals surface area (Å²) in [6.45, 7) is 2.92. The average molecular weight is 453 g/mol. The molecule has 4 aromatic heterocycles. The Balaban J connectivity index is 1.41. The molecule has 0 bridgehead atoms. The highest BCUT2D eigenvalue weighted by molar-refractivity contribution is 5.97. The van der Waals surface area contributed by atoms with Gasteiger partial charge in [0, 0.05) is 49.2 Å². The van der Waals surface area contributed by atoms with Gasteiger partial charge in [0.1, 0.15) is 11.2 Å². The summed E-state index contributed by atoms with van der Waals surface area (Å²) < 4.78 is 0. The lowest BCUT2D eigenvalue weighted by Gasteiger charge is -2.27. The minimum Gasteiger partial charge on any atom is -0.355 e. The summed E-state index contributed by atoms with van der Waals surface area (Å²) >= 11 is 0. The molecular weight excluding hydrogens is 424 g/mol. The fourth-order valence-electron chi connectivity index (χ4n) is 4.84. The van der Waals surface area contributed by atoms with Gasteiger partial charge in [0.05, 0.1) is 11.0 Å². The molecule has 5 aromatic rings. The standard InChI is InChI=1S/C26H28N8/c1-33(2)16-17-12-19(15-27-14-17)18-6-7-21-20(13-18)23(32-31-21)25-29-22-8-9-28-26(24(22)30-25)34-10-4-3-5-11-34/h6-9,12-15H,3-5,10-11,16H2,1-2H3,(H,29,30)(H,31,32). The molecule has 5 heterocycles. The van der Waals surface area contributed by atoms with Crippen molar-refractivity contribution in [1.29, 1.82) is 0 Å². The number of nitrogens with one attached hydrogen (secondary N) is 2. The summed E-state index contributed by atoms with van der Waals surface area (Å²) in [6, 6.07) is 10.5. The number of aromatic nitrogens is 6. The molecule has 1 aliphatic heterocycles. The van der Waals surface area contributed by atoms with Crippen LogP contribution in [0.2, 0.25) is 0 Å². The summed E-state index contributed by atoms with van der Waals surface area (Å²) in [6.07, 6.45) is 9.39. The van der Waals surface area contributed by atoms with E-state index in [9.17, 15) is 0 Å². The molecular formula is C26H28N8. The maximum atomic E-state index is 4.97. The predicted molar refractivity (Wildman–Crippen MR) is 136 cm³/mol. The normalized spacial score (nSPS) is 14.5. The molecule has 0 radical (unpaired) electrons. The number of hydrogen-bond acceptors (Lipinski definition) is 6. The number of fused-ring (bicyclic) bond motifs is 2. The minimum absolute atomic E-state index is 0.754. The zero-order chi connectivity index (χ0) is 23.1. The second kappa shape index (κ2) is 8.53. The van der Waals surface area contributed by atoms with Crippen molar-refractivity contribution in [1.82, 2.24) is 35.0 Å². The topological polar surface area (TPSA) is 89.6 Å². The zero-order valence-corrected chi connectivity index (χ0v) is 19.5. The third-order valence-electron chi connectivity index (χ3n) is 6.45. The number of benzene rings is 1. The quantitative estimate of drug-likeness (QED) is 0.405. The highest BCUT2D eigenvalue weighted by Crippen LogP contribution is 2.32. The molecule has 0 atom stereocenters. The summed E-state index contributed by atoms with van der Waals surface area (Å²) in [5, 5.41) is 8.82. The number of H-pyrrole nitrogens is 2. The van der Waals surface area contributed by atoms with Crippen molar-refractivity contribution in [2.75, 3.05) is 32.1 Å². The SMILES string of the molecule is CN(C)Cc1cncc(-c2ccc3[nH]nc(-c4nc5c(N6CCCCC6)nccc5[nH]4)c3c2)c1. The molecule has 0 unspecified atom stereocenters. The van der Waals surface area contributed by atoms with Gasteiger partial charge in [-0.2, -0.15) is 5.10 Å². The largest absolute Gasteiger partial charge is 0.355 e. The van der Waals surface area contributed by atoms with E-state index in [1.54, 1.807) is 0 Å². The van der Waals surface area contributed by atoms with E-state index in [-0.39, 0.29) is 0 Å². The van der Waals surface area contributed by atoms with Gasteiger partial charge in [0.2, 0.25) is 0 Å². The van der Waals surface area contributed by atoms with E-state index in [0.717, 1.165) is 70.0 Å². The highest BCUT2D eigenvalue weighted by atomic mass is 15.2. The Hall–Kier alpha value is -3.78. The van der Waals surface area contributed by atoms with Crippen molar-refractivity contribution in [3.05, 3.63) is 54.5 Å². The van der Waals surface area contributed by atoms with Gasteiger partial charge in [-0.15, -0.1) is 0 Å². The van der Waals surface area contributed by atoms with Gasteiger partial charge in [0.15, 0.2) is 11.6 Å². The van der Waals surface area contributed by atoms with E-state index in [2.05, 4.69) is 73.3 Å². The molecule has 172 valence electrons. The summed E-state index contributed by atoms with van der Waals surface area (Å²) in [4.78, 5) is 22.1. The lowest BCUT2D eigenvalue weighted by molar-refractivity contribution is 0.402. The van der Waals surface area contributed by atoms with Crippen LogP contribution in [0.1, 0.15) is 24.8 Å². The third-order valence-corrected chi connectivity index (χ3v) is 6.45. The van der Waals surface area contributed by atoms with Gasteiger partial charge < -0.3 is 14.8 Å². The second-order valence-corrected chi connectivity index (χ2v) is 9.32. The monoisotopic (exact) mass is 452 g/mol. The van der Waals surface area contributed by atoms with Crippen LogP contribution in [-0.2, 0) is 6.54 Å². The smallest absolute Gasteiger partial charge is 0.159 e. The number of hydrogen-bond donors (Lipinski definition) is 2. The lowest BCUT2D eigenvalue weighted by Crippen LogP contribution is -2.30. The highest BCUT2D eigenvalue weighted by Gasteiger charge is 2.19. The van der Waals surface area contributed by atoms with E-state index in [4.69, 9.17) is 4.98 Å². The molecule has 0 aliphatic carbocycles. The van der Waals surface area contributed by atoms with Crippen LogP contribution in [0.5, 0.6) is 0 Å².